The van der Waals surface area contributed by atoms with Crippen molar-refractivity contribution >= 4 is 30.6 Å². The van der Waals surface area contributed by atoms with Crippen molar-refractivity contribution in [1.82, 2.24) is 10.2 Å². The summed E-state index contributed by atoms with van der Waals surface area (Å²) in [6.45, 7) is 9.43. The molecule has 0 saturated heterocycles. The van der Waals surface area contributed by atoms with Gasteiger partial charge in [-0.2, -0.15) is 0 Å². The molecule has 52 heavy (non-hydrogen) atoms. The monoisotopic (exact) mass is 734 g/mol. The van der Waals surface area contributed by atoms with Crippen LogP contribution in [-0.4, -0.2) is 66.1 Å². The molecule has 0 amide bonds. The van der Waals surface area contributed by atoms with Gasteiger partial charge in [0.2, 0.25) is 0 Å². The van der Waals surface area contributed by atoms with Gasteiger partial charge in [0.05, 0.1) is 0 Å². The third-order valence-corrected chi connectivity index (χ3v) is 7.97. The molecule has 0 saturated carbocycles. The van der Waals surface area contributed by atoms with Crippen molar-refractivity contribution in [3.8, 4) is 11.5 Å². The lowest BCUT2D eigenvalue weighted by atomic mass is 10.0. The maximum atomic E-state index is 12.6. The number of hydrogen-bond donors (Lipinski definition) is 3. The van der Waals surface area contributed by atoms with Gasteiger partial charge in [0.25, 0.3) is 0 Å². The Kier molecular flexibility index (Phi) is 22.0. The largest absolute Gasteiger partial charge is 0.508 e. The molecule has 4 rings (SSSR count). The number of esters is 2. The van der Waals surface area contributed by atoms with Crippen molar-refractivity contribution in [2.24, 2.45) is 11.8 Å². The maximum absolute atomic E-state index is 12.6. The number of carbonyl (C=O) groups excluding carboxylic acids is 3. The van der Waals surface area contributed by atoms with Crippen LogP contribution in [0.1, 0.15) is 49.9 Å². The molecule has 10 heteroatoms. The van der Waals surface area contributed by atoms with Gasteiger partial charge >= 0.3 is 11.9 Å². The molecule has 0 aliphatic rings. The highest BCUT2D eigenvalue weighted by molar-refractivity contribution is 5.85. The van der Waals surface area contributed by atoms with E-state index in [1.54, 1.807) is 43.4 Å². The number of rotatable bonds is 15. The normalized spacial score (nSPS) is 11.6. The Morgan fingerprint density at radius 1 is 0.673 bits per heavy atom. The first-order chi connectivity index (χ1) is 24.4. The molecule has 0 unspecified atom stereocenters. The SMILES string of the molecule is CC(C)[C@@H](C(=O)OCc1ccccc1)N(C)CCc1ccc(O)cc1.CN[C@H](C(=O)OCc1ccccc1)C(C)C.Cl.O=CCc1ccc(O)cc1. The Hall–Kier alpha value is -4.70. The Morgan fingerprint density at radius 2 is 1.12 bits per heavy atom. The molecule has 0 bridgehead atoms. The van der Waals surface area contributed by atoms with Crippen molar-refractivity contribution in [3.63, 3.8) is 0 Å². The smallest absolute Gasteiger partial charge is 0.323 e. The number of nitrogens with zero attached hydrogens (tertiary/aromatic N) is 1. The highest BCUT2D eigenvalue weighted by Gasteiger charge is 2.28. The summed E-state index contributed by atoms with van der Waals surface area (Å²) in [5.74, 6) is 0.506. The molecule has 2 atom stereocenters. The van der Waals surface area contributed by atoms with Crippen LogP contribution in [0.25, 0.3) is 0 Å². The molecular weight excluding hydrogens is 680 g/mol. The number of halogens is 1. The standard InChI is InChI=1S/C21H27NO3.C13H19NO2.C8H8O2.ClH/c1-16(2)20(21(24)25-15-18-7-5-4-6-8-18)22(3)14-13-17-9-11-19(23)12-10-17;1-10(2)12(14-3)13(15)16-9-11-7-5-4-6-8-11;9-6-5-7-1-3-8(10)4-2-7;/h4-12,16,20,23H,13-15H2,1-3H3;4-8,10,12,14H,9H2,1-3H3;1-4,6,10H,5H2;1H/t20-;12-;;/m00../s1. The number of phenolic OH excluding ortho intramolecular Hbond substituents is 2. The number of phenols is 2. The summed E-state index contributed by atoms with van der Waals surface area (Å²) in [6, 6.07) is 32.7. The number of nitrogens with one attached hydrogen (secondary N) is 1. The first-order valence-corrected chi connectivity index (χ1v) is 17.2. The van der Waals surface area contributed by atoms with E-state index < -0.39 is 0 Å². The highest BCUT2D eigenvalue weighted by atomic mass is 35.5. The summed E-state index contributed by atoms with van der Waals surface area (Å²) in [6.07, 6.45) is 2.07. The van der Waals surface area contributed by atoms with Gasteiger partial charge in [0.15, 0.2) is 0 Å². The topological polar surface area (TPSA) is 125 Å². The predicted molar refractivity (Wildman–Crippen MR) is 208 cm³/mol. The van der Waals surface area contributed by atoms with Crippen molar-refractivity contribution in [2.75, 3.05) is 20.6 Å². The second kappa shape index (κ2) is 25.3. The number of ether oxygens (including phenoxy) is 2. The van der Waals surface area contributed by atoms with Crippen LogP contribution < -0.4 is 5.32 Å². The van der Waals surface area contributed by atoms with E-state index in [1.807, 2.05) is 112 Å². The van der Waals surface area contributed by atoms with Crippen molar-refractivity contribution in [3.05, 3.63) is 131 Å². The van der Waals surface area contributed by atoms with Gasteiger partial charge in [-0.3, -0.25) is 14.5 Å². The molecule has 282 valence electrons. The van der Waals surface area contributed by atoms with Crippen LogP contribution in [0.15, 0.2) is 109 Å². The lowest BCUT2D eigenvalue weighted by Crippen LogP contribution is -2.44. The average Bonchev–Trinajstić information content (AvgIpc) is 3.12. The summed E-state index contributed by atoms with van der Waals surface area (Å²) in [5.41, 5.74) is 4.05. The van der Waals surface area contributed by atoms with Gasteiger partial charge < -0.3 is 29.8 Å². The molecule has 0 spiro atoms. The van der Waals surface area contributed by atoms with E-state index in [2.05, 4.69) is 5.32 Å². The minimum atomic E-state index is -0.277. The fourth-order valence-electron chi connectivity index (χ4n) is 5.15. The molecule has 0 radical (unpaired) electrons. The molecule has 3 N–H and O–H groups in total. The Morgan fingerprint density at radius 3 is 1.52 bits per heavy atom. The molecule has 0 aromatic heterocycles. The number of benzene rings is 4. The van der Waals surface area contributed by atoms with Gasteiger partial charge in [-0.25, -0.2) is 0 Å². The molecule has 0 heterocycles. The lowest BCUT2D eigenvalue weighted by Gasteiger charge is -2.29. The number of aromatic hydroxyl groups is 2. The van der Waals surface area contributed by atoms with E-state index in [4.69, 9.17) is 14.6 Å². The summed E-state index contributed by atoms with van der Waals surface area (Å²) in [5, 5.41) is 21.1. The van der Waals surface area contributed by atoms with Crippen LogP contribution in [0.4, 0.5) is 0 Å². The molecule has 0 aliphatic carbocycles. The Balaban J connectivity index is 0.000000428. The third-order valence-electron chi connectivity index (χ3n) is 7.97. The molecule has 4 aromatic carbocycles. The zero-order valence-corrected chi connectivity index (χ0v) is 31.9. The lowest BCUT2D eigenvalue weighted by molar-refractivity contribution is -0.152. The van der Waals surface area contributed by atoms with Gasteiger partial charge in [-0.05, 0) is 78.9 Å². The highest BCUT2D eigenvalue weighted by Crippen LogP contribution is 2.16. The zero-order chi connectivity index (χ0) is 37.6. The molecular formula is C42H55ClN2O7. The minimum absolute atomic E-state index is 0. The van der Waals surface area contributed by atoms with E-state index in [0.29, 0.717) is 19.6 Å². The summed E-state index contributed by atoms with van der Waals surface area (Å²) < 4.78 is 10.8. The Bertz CT molecular complexity index is 1550. The predicted octanol–water partition coefficient (Wildman–Crippen LogP) is 7.16. The average molecular weight is 735 g/mol. The molecule has 0 fully saturated rings. The summed E-state index contributed by atoms with van der Waals surface area (Å²) in [7, 11) is 3.73. The van der Waals surface area contributed by atoms with Gasteiger partial charge in [0, 0.05) is 13.0 Å². The van der Waals surface area contributed by atoms with Gasteiger partial charge in [-0.1, -0.05) is 113 Å². The zero-order valence-electron chi connectivity index (χ0n) is 31.1. The van der Waals surface area contributed by atoms with Crippen LogP contribution in [0.5, 0.6) is 11.5 Å². The summed E-state index contributed by atoms with van der Waals surface area (Å²) >= 11 is 0. The molecule has 9 nitrogen and oxygen atoms in total. The van der Waals surface area contributed by atoms with E-state index in [0.717, 1.165) is 41.5 Å². The van der Waals surface area contributed by atoms with Crippen molar-refractivity contribution in [1.29, 1.82) is 0 Å². The van der Waals surface area contributed by atoms with Gasteiger partial charge in [-0.15, -0.1) is 12.4 Å². The minimum Gasteiger partial charge on any atom is -0.508 e. The maximum Gasteiger partial charge on any atom is 0.323 e. The van der Waals surface area contributed by atoms with Crippen molar-refractivity contribution in [2.45, 2.75) is 65.8 Å². The number of hydrogen-bond acceptors (Lipinski definition) is 9. The van der Waals surface area contributed by atoms with Crippen LogP contribution in [0, 0.1) is 11.8 Å². The summed E-state index contributed by atoms with van der Waals surface area (Å²) in [4.78, 5) is 36.3. The van der Waals surface area contributed by atoms with E-state index >= 15 is 0 Å². The van der Waals surface area contributed by atoms with Gasteiger partial charge in [0.1, 0.15) is 43.1 Å². The first-order valence-electron chi connectivity index (χ1n) is 17.2. The van der Waals surface area contributed by atoms with Crippen molar-refractivity contribution < 1.29 is 34.1 Å². The van der Waals surface area contributed by atoms with E-state index in [9.17, 15) is 19.5 Å². The number of carbonyl (C=O) groups is 3. The van der Waals surface area contributed by atoms with Crippen LogP contribution in [-0.2, 0) is 49.9 Å². The second-order valence-corrected chi connectivity index (χ2v) is 12.8. The molecule has 0 aliphatic heterocycles. The van der Waals surface area contributed by atoms with Crippen LogP contribution in [0.3, 0.4) is 0 Å². The Labute approximate surface area is 315 Å². The quantitative estimate of drug-likeness (QED) is 0.0862. The van der Waals surface area contributed by atoms with Crippen LogP contribution >= 0.6 is 12.4 Å². The number of likely N-dealkylation sites (N-methyl/N-ethyl adjacent to an activating group) is 2. The third kappa shape index (κ3) is 17.5. The van der Waals surface area contributed by atoms with E-state index in [-0.39, 0.29) is 59.8 Å². The van der Waals surface area contributed by atoms with E-state index in [1.165, 1.54) is 0 Å². The van der Waals surface area contributed by atoms with Crippen LogP contribution in [0.2, 0.25) is 0 Å². The second-order valence-electron chi connectivity index (χ2n) is 12.8. The fraction of sp³-hybridized carbons (Fsp3) is 0.357. The number of aldehydes is 1. The fourth-order valence-corrected chi connectivity index (χ4v) is 5.15. The first kappa shape index (κ1) is 45.3. The molecule has 4 aromatic rings.